The minimum absolute atomic E-state index is 0.0158. The van der Waals surface area contributed by atoms with Crippen LogP contribution in [0.3, 0.4) is 0 Å². The number of pyridine rings is 1. The van der Waals surface area contributed by atoms with Crippen molar-refractivity contribution in [2.45, 2.75) is 68.7 Å². The zero-order valence-corrected chi connectivity index (χ0v) is 23.5. The first kappa shape index (κ1) is 26.5. The molecule has 10 heteroatoms. The number of ether oxygens (including phenoxy) is 1. The van der Waals surface area contributed by atoms with Gasteiger partial charge in [0.05, 0.1) is 16.5 Å². The lowest BCUT2D eigenvalue weighted by atomic mass is 9.95. The third kappa shape index (κ3) is 4.36. The summed E-state index contributed by atoms with van der Waals surface area (Å²) in [5.41, 5.74) is -0.402. The number of halogens is 3. The van der Waals surface area contributed by atoms with Gasteiger partial charge in [-0.1, -0.05) is 12.0 Å². The largest absolute Gasteiger partial charge is 0.508 e. The van der Waals surface area contributed by atoms with Gasteiger partial charge in [-0.15, -0.1) is 6.42 Å². The summed E-state index contributed by atoms with van der Waals surface area (Å²) in [6, 6.07) is 6.14. The van der Waals surface area contributed by atoms with Gasteiger partial charge in [0.1, 0.15) is 41.4 Å². The molecule has 2 aromatic carbocycles. The predicted molar refractivity (Wildman–Crippen MR) is 157 cm³/mol. The molecule has 2 saturated heterocycles. The second-order valence-corrected chi connectivity index (χ2v) is 12.4. The number of nitrogens with zero attached hydrogens (tertiary/aromatic N) is 5. The Balaban J connectivity index is 1.29. The van der Waals surface area contributed by atoms with Gasteiger partial charge in [0, 0.05) is 42.2 Å². The van der Waals surface area contributed by atoms with Crippen molar-refractivity contribution < 1.29 is 23.0 Å². The van der Waals surface area contributed by atoms with Crippen LogP contribution in [0.5, 0.6) is 11.8 Å². The molecule has 2 saturated carbocycles. The lowest BCUT2D eigenvalue weighted by Crippen LogP contribution is -2.43. The number of fused-ring (bicyclic) bond motifs is 3. The van der Waals surface area contributed by atoms with Gasteiger partial charge in [0.25, 0.3) is 0 Å². The van der Waals surface area contributed by atoms with Crippen LogP contribution in [0.25, 0.3) is 32.9 Å². The maximum atomic E-state index is 16.7. The smallest absolute Gasteiger partial charge is 0.319 e. The maximum absolute atomic E-state index is 16.7. The molecule has 2 aliphatic heterocycles. The van der Waals surface area contributed by atoms with E-state index in [4.69, 9.17) is 16.1 Å². The molecule has 7 nitrogen and oxygen atoms in total. The predicted octanol–water partition coefficient (Wildman–Crippen LogP) is 5.90. The van der Waals surface area contributed by atoms with Gasteiger partial charge in [0.2, 0.25) is 0 Å². The monoisotopic (exact) mass is 585 g/mol. The number of anilines is 1. The van der Waals surface area contributed by atoms with Crippen LogP contribution in [-0.2, 0) is 0 Å². The van der Waals surface area contributed by atoms with Gasteiger partial charge >= 0.3 is 6.01 Å². The number of hydrogen-bond donors (Lipinski definition) is 1. The molecule has 4 heterocycles. The highest BCUT2D eigenvalue weighted by atomic mass is 19.1. The molecule has 8 rings (SSSR count). The first-order valence-electron chi connectivity index (χ1n) is 14.9. The van der Waals surface area contributed by atoms with E-state index in [1.807, 2.05) is 0 Å². The molecule has 0 unspecified atom stereocenters. The molecule has 4 aromatic rings. The Labute approximate surface area is 246 Å². The van der Waals surface area contributed by atoms with E-state index in [1.54, 1.807) is 0 Å². The molecular formula is C33H30F3N5O2. The Morgan fingerprint density at radius 1 is 1.14 bits per heavy atom. The van der Waals surface area contributed by atoms with Crippen molar-refractivity contribution in [2.24, 2.45) is 0 Å². The van der Waals surface area contributed by atoms with Gasteiger partial charge in [-0.25, -0.2) is 13.2 Å². The van der Waals surface area contributed by atoms with E-state index in [0.29, 0.717) is 41.6 Å². The van der Waals surface area contributed by atoms with Crippen molar-refractivity contribution in [3.8, 4) is 35.4 Å². The van der Waals surface area contributed by atoms with E-state index < -0.39 is 23.3 Å². The van der Waals surface area contributed by atoms with Gasteiger partial charge in [-0.2, -0.15) is 9.97 Å². The second kappa shape index (κ2) is 9.71. The number of terminal acetylenes is 1. The Hall–Kier alpha value is -4.10. The average molecular weight is 586 g/mol. The summed E-state index contributed by atoms with van der Waals surface area (Å²) in [5.74, 6) is 1.44. The van der Waals surface area contributed by atoms with Crippen LogP contribution < -0.4 is 9.64 Å². The molecule has 0 radical (unpaired) electrons. The fourth-order valence-corrected chi connectivity index (χ4v) is 7.22. The molecule has 2 aromatic heterocycles. The number of rotatable bonds is 7. The van der Waals surface area contributed by atoms with Crippen LogP contribution in [-0.4, -0.2) is 68.4 Å². The number of aromatic nitrogens is 3. The number of alkyl halides is 1. The molecule has 0 bridgehead atoms. The van der Waals surface area contributed by atoms with Gasteiger partial charge in [-0.05, 0) is 68.7 Å². The van der Waals surface area contributed by atoms with Crippen LogP contribution >= 0.6 is 0 Å². The van der Waals surface area contributed by atoms with E-state index in [-0.39, 0.29) is 46.1 Å². The fraction of sp³-hybridized carbons (Fsp3) is 0.424. The molecule has 1 N–H and O–H groups in total. The normalized spacial score (nSPS) is 23.5. The summed E-state index contributed by atoms with van der Waals surface area (Å²) < 4.78 is 52.1. The standard InChI is InChI=1S/C33H30F3N5O2/c1-2-23-26(35)9-4-18-12-22(42)13-24(27(18)23)29-28(36)30-25(15-37-29)31(41(20-5-6-20)21-7-8-21)39-32(38-30)43-17-33-10-3-11-40(33)16-19(34)14-33/h1,4,9,12-13,15,19-21,42H,3,5-8,10-11,14,16-17H2/t19-,33+/m1/s1. The zero-order chi connectivity index (χ0) is 29.5. The molecule has 220 valence electrons. The van der Waals surface area contributed by atoms with E-state index in [0.717, 1.165) is 45.1 Å². The molecular weight excluding hydrogens is 555 g/mol. The Kier molecular flexibility index (Phi) is 5.99. The lowest BCUT2D eigenvalue weighted by molar-refractivity contribution is 0.107. The topological polar surface area (TPSA) is 74.6 Å². The number of benzene rings is 2. The molecule has 2 atom stereocenters. The van der Waals surface area contributed by atoms with Crippen molar-refractivity contribution in [2.75, 3.05) is 24.6 Å². The van der Waals surface area contributed by atoms with Crippen LogP contribution in [0, 0.1) is 24.0 Å². The van der Waals surface area contributed by atoms with Gasteiger partial charge < -0.3 is 14.7 Å². The summed E-state index contributed by atoms with van der Waals surface area (Å²) in [6.45, 7) is 1.44. The Morgan fingerprint density at radius 3 is 2.67 bits per heavy atom. The van der Waals surface area contributed by atoms with Gasteiger partial charge in [0.15, 0.2) is 5.82 Å². The molecule has 0 spiro atoms. The van der Waals surface area contributed by atoms with Crippen molar-refractivity contribution in [1.29, 1.82) is 0 Å². The molecule has 0 amide bonds. The Bertz CT molecular complexity index is 1820. The van der Waals surface area contributed by atoms with E-state index in [9.17, 15) is 13.9 Å². The van der Waals surface area contributed by atoms with Crippen molar-refractivity contribution in [3.63, 3.8) is 0 Å². The molecule has 4 fully saturated rings. The first-order valence-corrected chi connectivity index (χ1v) is 14.9. The van der Waals surface area contributed by atoms with E-state index in [1.165, 1.54) is 30.5 Å². The van der Waals surface area contributed by atoms with E-state index in [2.05, 4.69) is 25.7 Å². The first-order chi connectivity index (χ1) is 20.8. The minimum Gasteiger partial charge on any atom is -0.508 e. The van der Waals surface area contributed by atoms with Crippen LogP contribution in [0.2, 0.25) is 0 Å². The molecule has 4 aliphatic rings. The number of phenolic OH excluding ortho intramolecular Hbond substituents is 1. The minimum atomic E-state index is -0.905. The van der Waals surface area contributed by atoms with Crippen LogP contribution in [0.15, 0.2) is 30.5 Å². The average Bonchev–Trinajstić information content (AvgIpc) is 3.92. The van der Waals surface area contributed by atoms with Crippen molar-refractivity contribution >= 4 is 27.5 Å². The summed E-state index contributed by atoms with van der Waals surface area (Å²) in [4.78, 5) is 18.3. The summed E-state index contributed by atoms with van der Waals surface area (Å²) >= 11 is 0. The quantitative estimate of drug-likeness (QED) is 0.271. The number of phenols is 1. The summed E-state index contributed by atoms with van der Waals surface area (Å²) in [7, 11) is 0. The highest BCUT2D eigenvalue weighted by Gasteiger charge is 2.49. The Morgan fingerprint density at radius 2 is 1.93 bits per heavy atom. The third-order valence-corrected chi connectivity index (χ3v) is 9.45. The second-order valence-electron chi connectivity index (χ2n) is 12.4. The highest BCUT2D eigenvalue weighted by molar-refractivity contribution is 6.03. The summed E-state index contributed by atoms with van der Waals surface area (Å²) in [5, 5.41) is 11.7. The molecule has 43 heavy (non-hydrogen) atoms. The third-order valence-electron chi connectivity index (χ3n) is 9.45. The fourth-order valence-electron chi connectivity index (χ4n) is 7.22. The maximum Gasteiger partial charge on any atom is 0.319 e. The van der Waals surface area contributed by atoms with Crippen molar-refractivity contribution in [1.82, 2.24) is 19.9 Å². The van der Waals surface area contributed by atoms with Crippen molar-refractivity contribution in [3.05, 3.63) is 47.7 Å². The number of hydrogen-bond acceptors (Lipinski definition) is 7. The van der Waals surface area contributed by atoms with Crippen LogP contribution in [0.4, 0.5) is 19.0 Å². The SMILES string of the molecule is C#Cc1c(F)ccc2cc(O)cc(-c3ncc4c(N(C5CC5)C5CC5)nc(OC[C@@]56CCCN5C[C@H](F)C6)nc4c3F)c12. The lowest BCUT2D eigenvalue weighted by Gasteiger charge is -2.31. The zero-order valence-electron chi connectivity index (χ0n) is 23.5. The van der Waals surface area contributed by atoms with Crippen LogP contribution in [0.1, 0.15) is 50.5 Å². The van der Waals surface area contributed by atoms with E-state index >= 15 is 4.39 Å². The molecule has 2 aliphatic carbocycles. The highest BCUT2D eigenvalue weighted by Crippen LogP contribution is 2.45. The number of aromatic hydroxyl groups is 1. The summed E-state index contributed by atoms with van der Waals surface area (Å²) in [6.07, 6.45) is 12.6. The van der Waals surface area contributed by atoms with Gasteiger partial charge in [-0.3, -0.25) is 9.88 Å².